The number of hydrogen-bond donors (Lipinski definition) is 2. The van der Waals surface area contributed by atoms with Gasteiger partial charge in [0.05, 0.1) is 5.92 Å². The zero-order valence-corrected chi connectivity index (χ0v) is 9.85. The zero-order chi connectivity index (χ0) is 11.1. The van der Waals surface area contributed by atoms with Crippen LogP contribution in [0, 0.1) is 0 Å². The number of amides is 1. The third-order valence-electron chi connectivity index (χ3n) is 2.29. The maximum atomic E-state index is 11.7. The molecule has 0 aliphatic rings. The van der Waals surface area contributed by atoms with Crippen molar-refractivity contribution in [2.45, 2.75) is 25.7 Å². The highest BCUT2D eigenvalue weighted by Crippen LogP contribution is 2.20. The molecule has 0 aliphatic heterocycles. The van der Waals surface area contributed by atoms with Crippen LogP contribution in [-0.4, -0.2) is 19.0 Å². The minimum atomic E-state index is -0.0390. The van der Waals surface area contributed by atoms with Crippen molar-refractivity contribution in [1.82, 2.24) is 5.32 Å². The van der Waals surface area contributed by atoms with Crippen LogP contribution in [0.5, 0.6) is 0 Å². The van der Waals surface area contributed by atoms with Crippen LogP contribution in [0.4, 0.5) is 0 Å². The van der Waals surface area contributed by atoms with Crippen molar-refractivity contribution >= 4 is 17.2 Å². The fraction of sp³-hybridized carbons (Fsp3) is 0.545. The Morgan fingerprint density at radius 2 is 2.40 bits per heavy atom. The molecule has 1 amide bonds. The molecule has 0 radical (unpaired) electrons. The van der Waals surface area contributed by atoms with Gasteiger partial charge in [0.1, 0.15) is 0 Å². The van der Waals surface area contributed by atoms with Gasteiger partial charge in [-0.15, -0.1) is 11.3 Å². The molecule has 0 bridgehead atoms. The Labute approximate surface area is 94.7 Å². The summed E-state index contributed by atoms with van der Waals surface area (Å²) in [5, 5.41) is 4.91. The lowest BCUT2D eigenvalue weighted by molar-refractivity contribution is -0.122. The normalized spacial score (nSPS) is 12.4. The lowest BCUT2D eigenvalue weighted by Crippen LogP contribution is -2.28. The fourth-order valence-electron chi connectivity index (χ4n) is 1.30. The number of rotatable bonds is 6. The van der Waals surface area contributed by atoms with Gasteiger partial charge in [0.15, 0.2) is 0 Å². The second-order valence-electron chi connectivity index (χ2n) is 3.52. The number of nitrogens with two attached hydrogens (primary N) is 1. The quantitative estimate of drug-likeness (QED) is 0.725. The first kappa shape index (κ1) is 12.2. The van der Waals surface area contributed by atoms with Gasteiger partial charge in [-0.05, 0) is 37.8 Å². The van der Waals surface area contributed by atoms with Gasteiger partial charge in [-0.3, -0.25) is 4.79 Å². The van der Waals surface area contributed by atoms with Crippen molar-refractivity contribution in [2.75, 3.05) is 13.1 Å². The molecule has 1 aromatic heterocycles. The fourth-order valence-corrected chi connectivity index (χ4v) is 2.08. The minimum Gasteiger partial charge on any atom is -0.356 e. The van der Waals surface area contributed by atoms with E-state index in [1.54, 1.807) is 11.3 Å². The number of nitrogens with one attached hydrogen (secondary N) is 1. The first-order valence-electron chi connectivity index (χ1n) is 5.27. The van der Waals surface area contributed by atoms with E-state index in [1.807, 2.05) is 24.4 Å². The number of carbonyl (C=O) groups is 1. The molecule has 15 heavy (non-hydrogen) atoms. The van der Waals surface area contributed by atoms with Crippen molar-refractivity contribution < 1.29 is 4.79 Å². The van der Waals surface area contributed by atoms with Gasteiger partial charge in [-0.25, -0.2) is 0 Å². The summed E-state index contributed by atoms with van der Waals surface area (Å²) in [6.45, 7) is 3.35. The van der Waals surface area contributed by atoms with Gasteiger partial charge in [-0.2, -0.15) is 0 Å². The summed E-state index contributed by atoms with van der Waals surface area (Å²) >= 11 is 1.62. The van der Waals surface area contributed by atoms with E-state index in [1.165, 1.54) is 0 Å². The largest absolute Gasteiger partial charge is 0.356 e. The lowest BCUT2D eigenvalue weighted by Gasteiger charge is -2.10. The molecule has 0 aromatic carbocycles. The van der Waals surface area contributed by atoms with E-state index in [0.717, 1.165) is 24.3 Å². The first-order valence-corrected chi connectivity index (χ1v) is 6.15. The molecule has 0 fully saturated rings. The molecular weight excluding hydrogens is 208 g/mol. The van der Waals surface area contributed by atoms with Crippen LogP contribution in [0.1, 0.15) is 30.6 Å². The molecule has 0 saturated heterocycles. The molecule has 1 aromatic rings. The maximum Gasteiger partial charge on any atom is 0.228 e. The highest BCUT2D eigenvalue weighted by Gasteiger charge is 2.14. The van der Waals surface area contributed by atoms with E-state index in [-0.39, 0.29) is 11.8 Å². The van der Waals surface area contributed by atoms with E-state index >= 15 is 0 Å². The zero-order valence-electron chi connectivity index (χ0n) is 9.03. The molecule has 3 nitrogen and oxygen atoms in total. The summed E-state index contributed by atoms with van der Waals surface area (Å²) in [6.07, 6.45) is 1.92. The van der Waals surface area contributed by atoms with Crippen LogP contribution in [-0.2, 0) is 4.79 Å². The van der Waals surface area contributed by atoms with E-state index in [0.29, 0.717) is 6.54 Å². The standard InChI is InChI=1S/C11H18N2OS/c1-9(10-5-4-8-15-10)11(14)13-7-3-2-6-12/h4-5,8-9H,2-3,6-7,12H2,1H3,(H,13,14). The number of thiophene rings is 1. The predicted octanol–water partition coefficient (Wildman–Crippen LogP) is 1.71. The van der Waals surface area contributed by atoms with Crippen molar-refractivity contribution in [3.63, 3.8) is 0 Å². The lowest BCUT2D eigenvalue weighted by atomic mass is 10.1. The van der Waals surface area contributed by atoms with Gasteiger partial charge in [0.25, 0.3) is 0 Å². The Morgan fingerprint density at radius 1 is 1.60 bits per heavy atom. The van der Waals surface area contributed by atoms with Crippen LogP contribution >= 0.6 is 11.3 Å². The number of unbranched alkanes of at least 4 members (excludes halogenated alkanes) is 1. The summed E-state index contributed by atoms with van der Waals surface area (Å²) in [6, 6.07) is 3.97. The summed E-state index contributed by atoms with van der Waals surface area (Å²) in [5.41, 5.74) is 5.37. The van der Waals surface area contributed by atoms with Gasteiger partial charge in [-0.1, -0.05) is 6.07 Å². The molecule has 0 aliphatic carbocycles. The summed E-state index contributed by atoms with van der Waals surface area (Å²) in [4.78, 5) is 12.8. The van der Waals surface area contributed by atoms with Gasteiger partial charge >= 0.3 is 0 Å². The Bertz CT molecular complexity index is 285. The van der Waals surface area contributed by atoms with Gasteiger partial charge in [0.2, 0.25) is 5.91 Å². The molecule has 1 rings (SSSR count). The van der Waals surface area contributed by atoms with Crippen molar-refractivity contribution in [1.29, 1.82) is 0 Å². The molecule has 0 spiro atoms. The average molecular weight is 226 g/mol. The monoisotopic (exact) mass is 226 g/mol. The van der Waals surface area contributed by atoms with Crippen molar-refractivity contribution in [3.8, 4) is 0 Å². The van der Waals surface area contributed by atoms with E-state index in [4.69, 9.17) is 5.73 Å². The Kier molecular flexibility index (Phi) is 5.36. The van der Waals surface area contributed by atoms with E-state index < -0.39 is 0 Å². The van der Waals surface area contributed by atoms with Gasteiger partial charge < -0.3 is 11.1 Å². The maximum absolute atomic E-state index is 11.7. The topological polar surface area (TPSA) is 55.1 Å². The summed E-state index contributed by atoms with van der Waals surface area (Å²) < 4.78 is 0. The summed E-state index contributed by atoms with van der Waals surface area (Å²) in [5.74, 6) is 0.0670. The SMILES string of the molecule is CC(C(=O)NCCCCN)c1cccs1. The second-order valence-corrected chi connectivity index (χ2v) is 4.50. The van der Waals surface area contributed by atoms with Crippen LogP contribution in [0.15, 0.2) is 17.5 Å². The molecule has 4 heteroatoms. The smallest absolute Gasteiger partial charge is 0.228 e. The molecule has 1 atom stereocenters. The molecule has 84 valence electrons. The molecule has 1 unspecified atom stereocenters. The number of hydrogen-bond acceptors (Lipinski definition) is 3. The second kappa shape index (κ2) is 6.58. The van der Waals surface area contributed by atoms with Crippen LogP contribution < -0.4 is 11.1 Å². The Morgan fingerprint density at radius 3 is 3.00 bits per heavy atom. The number of carbonyl (C=O) groups excluding carboxylic acids is 1. The molecule has 1 heterocycles. The predicted molar refractivity (Wildman–Crippen MR) is 64.0 cm³/mol. The Hall–Kier alpha value is -0.870. The van der Waals surface area contributed by atoms with Crippen LogP contribution in [0.2, 0.25) is 0 Å². The van der Waals surface area contributed by atoms with E-state index in [9.17, 15) is 4.79 Å². The molecule has 0 saturated carbocycles. The molecular formula is C11H18N2OS. The Balaban J connectivity index is 2.28. The third kappa shape index (κ3) is 4.01. The molecule has 3 N–H and O–H groups in total. The minimum absolute atomic E-state index is 0.0390. The van der Waals surface area contributed by atoms with Crippen LogP contribution in [0.3, 0.4) is 0 Å². The van der Waals surface area contributed by atoms with Gasteiger partial charge in [0, 0.05) is 11.4 Å². The average Bonchev–Trinajstić information content (AvgIpc) is 2.76. The van der Waals surface area contributed by atoms with E-state index in [2.05, 4.69) is 5.32 Å². The van der Waals surface area contributed by atoms with Crippen LogP contribution in [0.25, 0.3) is 0 Å². The third-order valence-corrected chi connectivity index (χ3v) is 3.35. The highest BCUT2D eigenvalue weighted by atomic mass is 32.1. The summed E-state index contributed by atoms with van der Waals surface area (Å²) in [7, 11) is 0. The van der Waals surface area contributed by atoms with Crippen molar-refractivity contribution in [3.05, 3.63) is 22.4 Å². The van der Waals surface area contributed by atoms with Crippen molar-refractivity contribution in [2.24, 2.45) is 5.73 Å². The first-order chi connectivity index (χ1) is 7.25. The highest BCUT2D eigenvalue weighted by molar-refractivity contribution is 7.10.